The topological polar surface area (TPSA) is 46.5 Å². The summed E-state index contributed by atoms with van der Waals surface area (Å²) in [6.45, 7) is 7.01. The minimum Gasteiger partial charge on any atom is -0.493 e. The van der Waals surface area contributed by atoms with Gasteiger partial charge in [-0.2, -0.15) is 0 Å². The molecule has 0 aliphatic carbocycles. The molecule has 0 amide bonds. The maximum absolute atomic E-state index is 11.8. The lowest BCUT2D eigenvalue weighted by Gasteiger charge is -2.27. The van der Waals surface area contributed by atoms with Crippen molar-refractivity contribution in [2.75, 3.05) is 6.61 Å². The Morgan fingerprint density at radius 3 is 2.18 bits per heavy atom. The molecule has 3 nitrogen and oxygen atoms in total. The van der Waals surface area contributed by atoms with E-state index in [9.17, 15) is 9.90 Å². The largest absolute Gasteiger partial charge is 0.493 e. The number of hydrogen-bond donors (Lipinski definition) is 1. The smallest absolute Gasteiger partial charge is 0.339 e. The lowest BCUT2D eigenvalue weighted by Crippen LogP contribution is -2.19. The van der Waals surface area contributed by atoms with Gasteiger partial charge in [0.05, 0.1) is 6.61 Å². The monoisotopic (exact) mass is 382 g/mol. The van der Waals surface area contributed by atoms with Crippen LogP contribution in [0.3, 0.4) is 0 Å². The van der Waals surface area contributed by atoms with Gasteiger partial charge in [-0.05, 0) is 29.7 Å². The van der Waals surface area contributed by atoms with Crippen LogP contribution in [0.1, 0.15) is 87.2 Å². The first-order valence-corrected chi connectivity index (χ1v) is 10.5. The highest BCUT2D eigenvalue weighted by atomic mass is 16.5. The van der Waals surface area contributed by atoms with E-state index < -0.39 is 5.97 Å². The summed E-state index contributed by atoms with van der Waals surface area (Å²) in [5.74, 6) is -0.480. The number of aromatic carboxylic acids is 1. The number of unbranched alkanes of at least 4 members (excludes halogenated alkanes) is 6. The van der Waals surface area contributed by atoms with E-state index in [1.807, 2.05) is 30.3 Å². The van der Waals surface area contributed by atoms with Crippen LogP contribution in [0.2, 0.25) is 0 Å². The van der Waals surface area contributed by atoms with E-state index in [1.54, 1.807) is 6.07 Å². The predicted octanol–water partition coefficient (Wildman–Crippen LogP) is 6.84. The fraction of sp³-hybridized carbons (Fsp3) is 0.480. The summed E-state index contributed by atoms with van der Waals surface area (Å²) >= 11 is 0. The summed E-state index contributed by atoms with van der Waals surface area (Å²) < 4.78 is 5.82. The van der Waals surface area contributed by atoms with Crippen molar-refractivity contribution in [3.8, 4) is 5.75 Å². The molecule has 0 atom stereocenters. The number of hydrogen-bond acceptors (Lipinski definition) is 2. The van der Waals surface area contributed by atoms with Gasteiger partial charge in [0, 0.05) is 5.41 Å². The van der Waals surface area contributed by atoms with Gasteiger partial charge in [0.2, 0.25) is 0 Å². The second-order valence-electron chi connectivity index (χ2n) is 7.98. The Morgan fingerprint density at radius 2 is 1.54 bits per heavy atom. The van der Waals surface area contributed by atoms with Crippen molar-refractivity contribution in [2.24, 2.45) is 0 Å². The summed E-state index contributed by atoms with van der Waals surface area (Å²) in [6.07, 6.45) is 8.46. The number of carbonyl (C=O) groups is 1. The molecule has 1 N–H and O–H groups in total. The molecule has 0 unspecified atom stereocenters. The van der Waals surface area contributed by atoms with Crippen LogP contribution in [-0.4, -0.2) is 17.7 Å². The molecule has 3 heteroatoms. The number of carboxylic acids is 1. The van der Waals surface area contributed by atoms with Crippen LogP contribution >= 0.6 is 0 Å². The molecule has 0 saturated carbocycles. The van der Waals surface area contributed by atoms with Crippen LogP contribution in [0.25, 0.3) is 0 Å². The van der Waals surface area contributed by atoms with E-state index in [1.165, 1.54) is 32.1 Å². The van der Waals surface area contributed by atoms with Crippen LogP contribution in [0, 0.1) is 0 Å². The van der Waals surface area contributed by atoms with E-state index >= 15 is 0 Å². The lowest BCUT2D eigenvalue weighted by molar-refractivity contribution is 0.0692. The summed E-state index contributed by atoms with van der Waals surface area (Å²) in [5.41, 5.74) is 2.09. The molecule has 0 radical (unpaired) electrons. The Hall–Kier alpha value is -2.29. The van der Waals surface area contributed by atoms with Crippen LogP contribution in [0.15, 0.2) is 48.5 Å². The molecule has 0 aliphatic heterocycles. The number of rotatable bonds is 12. The Kier molecular flexibility index (Phi) is 8.56. The molecular formula is C25H34O3. The van der Waals surface area contributed by atoms with Gasteiger partial charge < -0.3 is 9.84 Å². The van der Waals surface area contributed by atoms with Gasteiger partial charge in [-0.15, -0.1) is 0 Å². The third-order valence-corrected chi connectivity index (χ3v) is 5.43. The molecule has 2 aromatic carbocycles. The number of ether oxygens (including phenoxy) is 1. The van der Waals surface area contributed by atoms with Crippen LogP contribution in [0.4, 0.5) is 0 Å². The first-order chi connectivity index (χ1) is 13.5. The quantitative estimate of drug-likeness (QED) is 0.409. The molecule has 0 aromatic heterocycles. The van der Waals surface area contributed by atoms with Crippen LogP contribution < -0.4 is 4.74 Å². The van der Waals surface area contributed by atoms with E-state index in [0.29, 0.717) is 12.4 Å². The molecular weight excluding hydrogens is 348 g/mol. The van der Waals surface area contributed by atoms with Crippen molar-refractivity contribution < 1.29 is 14.6 Å². The Morgan fingerprint density at radius 1 is 0.893 bits per heavy atom. The first kappa shape index (κ1) is 22.0. The van der Waals surface area contributed by atoms with Gasteiger partial charge in [-0.25, -0.2) is 4.79 Å². The maximum Gasteiger partial charge on any atom is 0.339 e. The minimum atomic E-state index is -0.944. The van der Waals surface area contributed by atoms with Crippen molar-refractivity contribution in [2.45, 2.75) is 71.1 Å². The normalized spacial score (nSPS) is 11.4. The predicted molar refractivity (Wildman–Crippen MR) is 115 cm³/mol. The zero-order chi connectivity index (χ0) is 20.4. The average Bonchev–Trinajstić information content (AvgIpc) is 2.70. The fourth-order valence-electron chi connectivity index (χ4n) is 3.47. The van der Waals surface area contributed by atoms with E-state index in [0.717, 1.165) is 24.0 Å². The molecule has 0 spiro atoms. The highest BCUT2D eigenvalue weighted by Crippen LogP contribution is 2.34. The third-order valence-electron chi connectivity index (χ3n) is 5.43. The molecule has 0 bridgehead atoms. The van der Waals surface area contributed by atoms with Crippen molar-refractivity contribution in [3.05, 3.63) is 65.2 Å². The van der Waals surface area contributed by atoms with E-state index in [2.05, 4.69) is 32.9 Å². The molecule has 0 aliphatic rings. The van der Waals surface area contributed by atoms with Crippen LogP contribution in [-0.2, 0) is 5.41 Å². The molecule has 28 heavy (non-hydrogen) atoms. The van der Waals surface area contributed by atoms with E-state index in [-0.39, 0.29) is 11.0 Å². The van der Waals surface area contributed by atoms with Gasteiger partial charge in [0.25, 0.3) is 0 Å². The van der Waals surface area contributed by atoms with Gasteiger partial charge >= 0.3 is 5.97 Å². The summed E-state index contributed by atoms with van der Waals surface area (Å²) in [7, 11) is 0. The number of carboxylic acid groups (broad SMARTS) is 1. The highest BCUT2D eigenvalue weighted by molar-refractivity contribution is 5.91. The Balaban J connectivity index is 2.00. The Bertz CT molecular complexity index is 735. The molecule has 152 valence electrons. The van der Waals surface area contributed by atoms with Crippen LogP contribution in [0.5, 0.6) is 5.75 Å². The average molecular weight is 383 g/mol. The van der Waals surface area contributed by atoms with Crippen molar-refractivity contribution in [3.63, 3.8) is 0 Å². The molecule has 0 saturated heterocycles. The molecule has 0 fully saturated rings. The lowest BCUT2D eigenvalue weighted by atomic mass is 9.77. The second-order valence-corrected chi connectivity index (χ2v) is 7.98. The van der Waals surface area contributed by atoms with Crippen molar-refractivity contribution >= 4 is 5.97 Å². The second kappa shape index (κ2) is 10.9. The SMILES string of the molecule is CCCCCCCCCOc1ccc(C(C)(C)c2ccccc2)cc1C(=O)O. The summed E-state index contributed by atoms with van der Waals surface area (Å²) in [5, 5.41) is 9.67. The number of benzene rings is 2. The van der Waals surface area contributed by atoms with Gasteiger partial charge in [-0.3, -0.25) is 0 Å². The molecule has 2 aromatic rings. The van der Waals surface area contributed by atoms with Gasteiger partial charge in [0.15, 0.2) is 0 Å². The standard InChI is InChI=1S/C25H34O3/c1-4-5-6-7-8-9-13-18-28-23-17-16-21(19-22(23)24(26)27)25(2,3)20-14-11-10-12-15-20/h10-12,14-17,19H,4-9,13,18H2,1-3H3,(H,26,27). The maximum atomic E-state index is 11.8. The van der Waals surface area contributed by atoms with Gasteiger partial charge in [-0.1, -0.05) is 95.7 Å². The molecule has 2 rings (SSSR count). The van der Waals surface area contributed by atoms with E-state index in [4.69, 9.17) is 4.74 Å². The van der Waals surface area contributed by atoms with Crippen molar-refractivity contribution in [1.29, 1.82) is 0 Å². The molecule has 0 heterocycles. The van der Waals surface area contributed by atoms with Crippen molar-refractivity contribution in [1.82, 2.24) is 0 Å². The zero-order valence-corrected chi connectivity index (χ0v) is 17.5. The summed E-state index contributed by atoms with van der Waals surface area (Å²) in [4.78, 5) is 11.8. The highest BCUT2D eigenvalue weighted by Gasteiger charge is 2.25. The fourth-order valence-corrected chi connectivity index (χ4v) is 3.47. The first-order valence-electron chi connectivity index (χ1n) is 10.5. The Labute approximate surface area is 169 Å². The minimum absolute atomic E-state index is 0.240. The zero-order valence-electron chi connectivity index (χ0n) is 17.5. The summed E-state index contributed by atoms with van der Waals surface area (Å²) in [6, 6.07) is 15.7. The third kappa shape index (κ3) is 6.12. The van der Waals surface area contributed by atoms with Gasteiger partial charge in [0.1, 0.15) is 11.3 Å².